The smallest absolute Gasteiger partial charge is 0.230 e. The number of aliphatic hydroxyl groups excluding tert-OH is 1. The van der Waals surface area contributed by atoms with Crippen molar-refractivity contribution in [2.75, 3.05) is 24.5 Å². The highest BCUT2D eigenvalue weighted by Crippen LogP contribution is 2.43. The van der Waals surface area contributed by atoms with Gasteiger partial charge in [0.1, 0.15) is 11.9 Å². The molecule has 3 heterocycles. The minimum absolute atomic E-state index is 0.199. The summed E-state index contributed by atoms with van der Waals surface area (Å²) in [6.45, 7) is 4.25. The van der Waals surface area contributed by atoms with Crippen molar-refractivity contribution < 1.29 is 9.90 Å². The van der Waals surface area contributed by atoms with E-state index in [1.54, 1.807) is 0 Å². The van der Waals surface area contributed by atoms with Gasteiger partial charge in [-0.15, -0.1) is 0 Å². The average molecular weight is 368 g/mol. The number of aryl methyl sites for hydroxylation is 1. The number of nitrogens with zero attached hydrogens (tertiary/aromatic N) is 4. The SMILES string of the molecule is Cc1ccc(C#N)c(N2CCCC3(CCN(C4CCC(O)CC4)C3=O)C2)n1. The Kier molecular flexibility index (Phi) is 4.81. The summed E-state index contributed by atoms with van der Waals surface area (Å²) >= 11 is 0. The van der Waals surface area contributed by atoms with E-state index in [1.165, 1.54) is 0 Å². The molecule has 1 aromatic rings. The zero-order chi connectivity index (χ0) is 19.0. The van der Waals surface area contributed by atoms with Crippen LogP contribution in [-0.2, 0) is 4.79 Å². The lowest BCUT2D eigenvalue weighted by Gasteiger charge is -2.41. The summed E-state index contributed by atoms with van der Waals surface area (Å²) < 4.78 is 0. The van der Waals surface area contributed by atoms with E-state index < -0.39 is 0 Å². The maximum absolute atomic E-state index is 13.4. The second kappa shape index (κ2) is 7.12. The molecule has 1 spiro atoms. The Morgan fingerprint density at radius 1 is 1.22 bits per heavy atom. The lowest BCUT2D eigenvalue weighted by atomic mass is 9.78. The summed E-state index contributed by atoms with van der Waals surface area (Å²) in [6, 6.07) is 6.22. The fourth-order valence-electron chi connectivity index (χ4n) is 5.13. The predicted octanol–water partition coefficient (Wildman–Crippen LogP) is 2.38. The number of amides is 1. The van der Waals surface area contributed by atoms with Gasteiger partial charge in [-0.3, -0.25) is 4.79 Å². The molecule has 1 amide bonds. The Morgan fingerprint density at radius 3 is 2.74 bits per heavy atom. The van der Waals surface area contributed by atoms with Gasteiger partial charge in [0.05, 0.1) is 17.1 Å². The molecule has 0 bridgehead atoms. The third-order valence-corrected chi connectivity index (χ3v) is 6.66. The molecule has 27 heavy (non-hydrogen) atoms. The van der Waals surface area contributed by atoms with Crippen molar-refractivity contribution in [3.63, 3.8) is 0 Å². The standard InChI is InChI=1S/C21H28N4O2/c1-15-3-4-16(13-22)19(23-15)24-11-2-9-21(14-24)10-12-25(20(21)27)17-5-7-18(26)8-6-17/h3-4,17-18,26H,2,5-12,14H2,1H3. The van der Waals surface area contributed by atoms with Crippen molar-refractivity contribution in [1.82, 2.24) is 9.88 Å². The Balaban J connectivity index is 1.54. The molecule has 6 nitrogen and oxygen atoms in total. The molecule has 0 aromatic carbocycles. The Morgan fingerprint density at radius 2 is 2.00 bits per heavy atom. The first-order valence-electron chi connectivity index (χ1n) is 10.1. The number of pyridine rings is 1. The highest BCUT2D eigenvalue weighted by molar-refractivity contribution is 5.86. The highest BCUT2D eigenvalue weighted by atomic mass is 16.3. The first-order valence-corrected chi connectivity index (χ1v) is 10.1. The average Bonchev–Trinajstić information content (AvgIpc) is 2.98. The van der Waals surface area contributed by atoms with Crippen LogP contribution >= 0.6 is 0 Å². The van der Waals surface area contributed by atoms with E-state index >= 15 is 0 Å². The molecular formula is C21H28N4O2. The lowest BCUT2D eigenvalue weighted by Crippen LogP contribution is -2.50. The second-order valence-corrected chi connectivity index (χ2v) is 8.45. The number of carbonyl (C=O) groups excluding carboxylic acids is 1. The predicted molar refractivity (Wildman–Crippen MR) is 102 cm³/mol. The molecule has 3 aliphatic rings. The van der Waals surface area contributed by atoms with Crippen LogP contribution < -0.4 is 4.90 Å². The van der Waals surface area contributed by atoms with Crippen molar-refractivity contribution in [1.29, 1.82) is 5.26 Å². The summed E-state index contributed by atoms with van der Waals surface area (Å²) in [5.74, 6) is 1.00. The van der Waals surface area contributed by atoms with E-state index in [1.807, 2.05) is 19.1 Å². The van der Waals surface area contributed by atoms with Crippen LogP contribution in [-0.4, -0.2) is 52.7 Å². The third kappa shape index (κ3) is 3.29. The van der Waals surface area contributed by atoms with Crippen molar-refractivity contribution in [3.05, 3.63) is 23.4 Å². The second-order valence-electron chi connectivity index (χ2n) is 8.45. The molecule has 2 saturated heterocycles. The fourth-order valence-corrected chi connectivity index (χ4v) is 5.13. The molecule has 1 N–H and O–H groups in total. The van der Waals surface area contributed by atoms with E-state index in [-0.39, 0.29) is 23.5 Å². The van der Waals surface area contributed by atoms with E-state index in [2.05, 4.69) is 20.9 Å². The van der Waals surface area contributed by atoms with Gasteiger partial charge >= 0.3 is 0 Å². The fraction of sp³-hybridized carbons (Fsp3) is 0.667. The lowest BCUT2D eigenvalue weighted by molar-refractivity contribution is -0.139. The molecule has 2 aliphatic heterocycles. The van der Waals surface area contributed by atoms with Gasteiger partial charge in [0.15, 0.2) is 0 Å². The van der Waals surface area contributed by atoms with Gasteiger partial charge < -0.3 is 14.9 Å². The van der Waals surface area contributed by atoms with Crippen molar-refractivity contribution >= 4 is 11.7 Å². The zero-order valence-corrected chi connectivity index (χ0v) is 16.0. The highest BCUT2D eigenvalue weighted by Gasteiger charge is 2.51. The maximum atomic E-state index is 13.4. The first-order chi connectivity index (χ1) is 13.0. The van der Waals surface area contributed by atoms with Gasteiger partial charge in [-0.05, 0) is 64.0 Å². The number of anilines is 1. The molecule has 4 rings (SSSR count). The van der Waals surface area contributed by atoms with Crippen molar-refractivity contribution in [2.24, 2.45) is 5.41 Å². The minimum Gasteiger partial charge on any atom is -0.393 e. The number of carbonyl (C=O) groups is 1. The molecule has 6 heteroatoms. The summed E-state index contributed by atoms with van der Waals surface area (Å²) in [7, 11) is 0. The summed E-state index contributed by atoms with van der Waals surface area (Å²) in [6.07, 6.45) is 5.96. The molecule has 1 saturated carbocycles. The molecule has 1 atom stereocenters. The van der Waals surface area contributed by atoms with Crippen molar-refractivity contribution in [2.45, 2.75) is 64.0 Å². The van der Waals surface area contributed by atoms with Crippen LogP contribution in [0.2, 0.25) is 0 Å². The van der Waals surface area contributed by atoms with E-state index in [9.17, 15) is 15.2 Å². The minimum atomic E-state index is -0.341. The normalized spacial score (nSPS) is 31.4. The van der Waals surface area contributed by atoms with Crippen LogP contribution in [0.5, 0.6) is 0 Å². The molecule has 1 aromatic heterocycles. The number of likely N-dealkylation sites (tertiary alicyclic amines) is 1. The Bertz CT molecular complexity index is 766. The summed E-state index contributed by atoms with van der Waals surface area (Å²) in [5, 5.41) is 19.2. The number of hydrogen-bond donors (Lipinski definition) is 1. The van der Waals surface area contributed by atoms with Gasteiger partial charge in [-0.1, -0.05) is 0 Å². The number of aromatic nitrogens is 1. The molecule has 1 unspecified atom stereocenters. The number of aliphatic hydroxyl groups is 1. The van der Waals surface area contributed by atoms with E-state index in [4.69, 9.17) is 0 Å². The van der Waals surface area contributed by atoms with Crippen LogP contribution in [0, 0.1) is 23.7 Å². The van der Waals surface area contributed by atoms with Crippen LogP contribution in [0.4, 0.5) is 5.82 Å². The third-order valence-electron chi connectivity index (χ3n) is 6.66. The number of nitriles is 1. The number of rotatable bonds is 2. The monoisotopic (exact) mass is 368 g/mol. The Labute approximate surface area is 160 Å². The molecular weight excluding hydrogens is 340 g/mol. The van der Waals surface area contributed by atoms with Gasteiger partial charge in [0.25, 0.3) is 0 Å². The van der Waals surface area contributed by atoms with Crippen LogP contribution in [0.15, 0.2) is 12.1 Å². The Hall–Kier alpha value is -2.13. The van der Waals surface area contributed by atoms with Crippen LogP contribution in [0.25, 0.3) is 0 Å². The van der Waals surface area contributed by atoms with Crippen LogP contribution in [0.1, 0.15) is 56.2 Å². The number of piperidine rings is 1. The first kappa shape index (κ1) is 18.2. The largest absolute Gasteiger partial charge is 0.393 e. The van der Waals surface area contributed by atoms with Crippen molar-refractivity contribution in [3.8, 4) is 6.07 Å². The van der Waals surface area contributed by atoms with E-state index in [0.717, 1.165) is 69.5 Å². The van der Waals surface area contributed by atoms with Gasteiger partial charge in [-0.25, -0.2) is 4.98 Å². The molecule has 1 aliphatic carbocycles. The molecule has 144 valence electrons. The number of hydrogen-bond acceptors (Lipinski definition) is 5. The summed E-state index contributed by atoms with van der Waals surface area (Å²) in [4.78, 5) is 22.3. The topological polar surface area (TPSA) is 80.5 Å². The molecule has 3 fully saturated rings. The van der Waals surface area contributed by atoms with Gasteiger partial charge in [0, 0.05) is 31.4 Å². The quantitative estimate of drug-likeness (QED) is 0.867. The molecule has 0 radical (unpaired) electrons. The van der Waals surface area contributed by atoms with Gasteiger partial charge in [-0.2, -0.15) is 5.26 Å². The maximum Gasteiger partial charge on any atom is 0.230 e. The van der Waals surface area contributed by atoms with Gasteiger partial charge in [0.2, 0.25) is 5.91 Å². The van der Waals surface area contributed by atoms with Crippen LogP contribution in [0.3, 0.4) is 0 Å². The summed E-state index contributed by atoms with van der Waals surface area (Å²) in [5.41, 5.74) is 1.14. The van der Waals surface area contributed by atoms with E-state index in [0.29, 0.717) is 12.1 Å². The zero-order valence-electron chi connectivity index (χ0n) is 16.0.